The maximum absolute atomic E-state index is 3.79. The minimum atomic E-state index is 0.461. The summed E-state index contributed by atoms with van der Waals surface area (Å²) < 4.78 is 0. The summed E-state index contributed by atoms with van der Waals surface area (Å²) in [4.78, 5) is 0. The van der Waals surface area contributed by atoms with Crippen LogP contribution in [0.2, 0.25) is 0 Å². The smallest absolute Gasteiger partial charge is 0.0153 e. The molecule has 2 nitrogen and oxygen atoms in total. The summed E-state index contributed by atoms with van der Waals surface area (Å²) in [7, 11) is 0. The molecule has 2 rings (SSSR count). The van der Waals surface area contributed by atoms with Gasteiger partial charge in [-0.2, -0.15) is 0 Å². The second-order valence-corrected chi connectivity index (χ2v) is 5.54. The van der Waals surface area contributed by atoms with E-state index in [1.54, 1.807) is 0 Å². The van der Waals surface area contributed by atoms with E-state index in [-0.39, 0.29) is 0 Å². The molecule has 82 valence electrons. The van der Waals surface area contributed by atoms with Crippen molar-refractivity contribution in [3.8, 4) is 0 Å². The molecule has 0 unspecified atom stereocenters. The van der Waals surface area contributed by atoms with Gasteiger partial charge in [-0.25, -0.2) is 0 Å². The largest absolute Gasteiger partial charge is 0.316 e. The zero-order chi connectivity index (χ0) is 10.0. The van der Waals surface area contributed by atoms with Gasteiger partial charge in [0, 0.05) is 5.54 Å². The first-order valence-corrected chi connectivity index (χ1v) is 6.15. The molecule has 1 aliphatic carbocycles. The topological polar surface area (TPSA) is 24.1 Å². The van der Waals surface area contributed by atoms with Crippen LogP contribution in [0.1, 0.15) is 39.5 Å². The van der Waals surface area contributed by atoms with Gasteiger partial charge in [-0.1, -0.05) is 19.8 Å². The summed E-state index contributed by atoms with van der Waals surface area (Å²) in [5.41, 5.74) is 0.461. The van der Waals surface area contributed by atoms with Crippen molar-refractivity contribution in [1.29, 1.82) is 0 Å². The molecule has 2 atom stereocenters. The summed E-state index contributed by atoms with van der Waals surface area (Å²) in [6.45, 7) is 8.40. The fourth-order valence-electron chi connectivity index (χ4n) is 2.85. The fourth-order valence-corrected chi connectivity index (χ4v) is 2.85. The molecule has 1 saturated heterocycles. The van der Waals surface area contributed by atoms with E-state index in [2.05, 4.69) is 24.5 Å². The lowest BCUT2D eigenvalue weighted by Gasteiger charge is -2.28. The highest BCUT2D eigenvalue weighted by Crippen LogP contribution is 2.29. The third-order valence-electron chi connectivity index (χ3n) is 4.18. The average Bonchev–Trinajstić information content (AvgIpc) is 2.73. The van der Waals surface area contributed by atoms with Gasteiger partial charge in [0.05, 0.1) is 0 Å². The Morgan fingerprint density at radius 1 is 1.29 bits per heavy atom. The van der Waals surface area contributed by atoms with Gasteiger partial charge in [0.1, 0.15) is 0 Å². The van der Waals surface area contributed by atoms with E-state index in [9.17, 15) is 0 Å². The van der Waals surface area contributed by atoms with E-state index in [1.807, 2.05) is 0 Å². The quantitative estimate of drug-likeness (QED) is 0.719. The molecule has 0 aromatic heterocycles. The first-order valence-electron chi connectivity index (χ1n) is 6.15. The lowest BCUT2D eigenvalue weighted by Crippen LogP contribution is -2.43. The summed E-state index contributed by atoms with van der Waals surface area (Å²) in [6.07, 6.45) is 5.59. The van der Waals surface area contributed by atoms with Gasteiger partial charge in [0.15, 0.2) is 0 Å². The van der Waals surface area contributed by atoms with Crippen molar-refractivity contribution in [1.82, 2.24) is 10.6 Å². The average molecular weight is 196 g/mol. The monoisotopic (exact) mass is 196 g/mol. The third kappa shape index (κ3) is 2.29. The Labute approximate surface area is 87.8 Å². The van der Waals surface area contributed by atoms with E-state index in [4.69, 9.17) is 0 Å². The molecule has 2 fully saturated rings. The predicted molar refractivity (Wildman–Crippen MR) is 60.4 cm³/mol. The lowest BCUT2D eigenvalue weighted by atomic mass is 9.95. The van der Waals surface area contributed by atoms with Crippen LogP contribution < -0.4 is 10.6 Å². The highest BCUT2D eigenvalue weighted by Gasteiger charge is 2.30. The summed E-state index contributed by atoms with van der Waals surface area (Å²) in [5.74, 6) is 1.71. The first-order chi connectivity index (χ1) is 6.70. The molecule has 2 aliphatic rings. The van der Waals surface area contributed by atoms with Gasteiger partial charge in [0.2, 0.25) is 0 Å². The highest BCUT2D eigenvalue weighted by atomic mass is 15.0. The Morgan fingerprint density at radius 2 is 2.00 bits per heavy atom. The Hall–Kier alpha value is -0.0800. The SMILES string of the molecule is C[C@@H]1CNC[C@H]1CNC1(C)CCCC1. The minimum absolute atomic E-state index is 0.461. The van der Waals surface area contributed by atoms with Crippen LogP contribution in [0.15, 0.2) is 0 Å². The van der Waals surface area contributed by atoms with E-state index in [1.165, 1.54) is 45.3 Å². The van der Waals surface area contributed by atoms with Crippen LogP contribution in [0.4, 0.5) is 0 Å². The Kier molecular flexibility index (Phi) is 3.13. The Bertz CT molecular complexity index is 185. The van der Waals surface area contributed by atoms with Gasteiger partial charge in [-0.3, -0.25) is 0 Å². The van der Waals surface area contributed by atoms with Gasteiger partial charge >= 0.3 is 0 Å². The second-order valence-electron chi connectivity index (χ2n) is 5.54. The molecule has 0 aromatic rings. The molecule has 0 amide bonds. The molecule has 1 heterocycles. The minimum Gasteiger partial charge on any atom is -0.316 e. The number of nitrogens with one attached hydrogen (secondary N) is 2. The van der Waals surface area contributed by atoms with Crippen molar-refractivity contribution in [3.63, 3.8) is 0 Å². The standard InChI is InChI=1S/C12H24N2/c1-10-7-13-8-11(10)9-14-12(2)5-3-4-6-12/h10-11,13-14H,3-9H2,1-2H3/t10-,11+/m1/s1. The molecular formula is C12H24N2. The number of rotatable bonds is 3. The lowest BCUT2D eigenvalue weighted by molar-refractivity contribution is 0.313. The van der Waals surface area contributed by atoms with Crippen LogP contribution >= 0.6 is 0 Å². The predicted octanol–water partition coefficient (Wildman–Crippen LogP) is 1.76. The molecule has 14 heavy (non-hydrogen) atoms. The van der Waals surface area contributed by atoms with E-state index in [0.717, 1.165) is 11.8 Å². The van der Waals surface area contributed by atoms with Crippen molar-refractivity contribution in [2.45, 2.75) is 45.1 Å². The molecule has 0 radical (unpaired) electrons. The van der Waals surface area contributed by atoms with E-state index >= 15 is 0 Å². The maximum atomic E-state index is 3.79. The Balaban J connectivity index is 1.75. The maximum Gasteiger partial charge on any atom is 0.0153 e. The van der Waals surface area contributed by atoms with Crippen molar-refractivity contribution < 1.29 is 0 Å². The second kappa shape index (κ2) is 4.19. The van der Waals surface area contributed by atoms with Crippen molar-refractivity contribution in [3.05, 3.63) is 0 Å². The van der Waals surface area contributed by atoms with E-state index in [0.29, 0.717) is 5.54 Å². The Morgan fingerprint density at radius 3 is 2.57 bits per heavy atom. The normalized spacial score (nSPS) is 36.4. The zero-order valence-electron chi connectivity index (χ0n) is 9.60. The first kappa shape index (κ1) is 10.4. The number of hydrogen-bond acceptors (Lipinski definition) is 2. The van der Waals surface area contributed by atoms with Gasteiger partial charge in [0.25, 0.3) is 0 Å². The van der Waals surface area contributed by atoms with Crippen LogP contribution in [-0.4, -0.2) is 25.2 Å². The molecule has 1 aliphatic heterocycles. The van der Waals surface area contributed by atoms with Crippen LogP contribution in [0.25, 0.3) is 0 Å². The molecule has 0 bridgehead atoms. The van der Waals surface area contributed by atoms with Crippen molar-refractivity contribution >= 4 is 0 Å². The third-order valence-corrected chi connectivity index (χ3v) is 4.18. The van der Waals surface area contributed by atoms with Crippen LogP contribution in [-0.2, 0) is 0 Å². The summed E-state index contributed by atoms with van der Waals surface area (Å²) in [5, 5.41) is 7.26. The van der Waals surface area contributed by atoms with Gasteiger partial charge < -0.3 is 10.6 Å². The fraction of sp³-hybridized carbons (Fsp3) is 1.00. The number of hydrogen-bond donors (Lipinski definition) is 2. The van der Waals surface area contributed by atoms with Gasteiger partial charge in [-0.15, -0.1) is 0 Å². The summed E-state index contributed by atoms with van der Waals surface area (Å²) in [6, 6.07) is 0. The molecule has 1 saturated carbocycles. The zero-order valence-corrected chi connectivity index (χ0v) is 9.60. The molecular weight excluding hydrogens is 172 g/mol. The van der Waals surface area contributed by atoms with Crippen molar-refractivity contribution in [2.24, 2.45) is 11.8 Å². The van der Waals surface area contributed by atoms with Crippen LogP contribution in [0, 0.1) is 11.8 Å². The molecule has 2 N–H and O–H groups in total. The highest BCUT2D eigenvalue weighted by molar-refractivity contribution is 4.90. The van der Waals surface area contributed by atoms with Gasteiger partial charge in [-0.05, 0) is 51.2 Å². The molecule has 0 spiro atoms. The molecule has 0 aromatic carbocycles. The van der Waals surface area contributed by atoms with Crippen molar-refractivity contribution in [2.75, 3.05) is 19.6 Å². The van der Waals surface area contributed by atoms with Crippen LogP contribution in [0.3, 0.4) is 0 Å². The van der Waals surface area contributed by atoms with Crippen LogP contribution in [0.5, 0.6) is 0 Å². The van der Waals surface area contributed by atoms with E-state index < -0.39 is 0 Å². The summed E-state index contributed by atoms with van der Waals surface area (Å²) >= 11 is 0. The molecule has 2 heteroatoms.